The molecule has 0 aliphatic heterocycles. The average molecular weight is 246 g/mol. The van der Waals surface area contributed by atoms with E-state index in [1.165, 1.54) is 11.6 Å². The molecule has 0 aliphatic carbocycles. The Morgan fingerprint density at radius 2 is 2.33 bits per heavy atom. The summed E-state index contributed by atoms with van der Waals surface area (Å²) >= 11 is 11.0. The maximum Gasteiger partial charge on any atom is 0.411 e. The second-order valence-corrected chi connectivity index (χ2v) is 3.28. The van der Waals surface area contributed by atoms with E-state index in [4.69, 9.17) is 27.9 Å². The molecular weight excluding hydrogens is 237 g/mol. The number of hydrogen-bond acceptors (Lipinski definition) is 2. The van der Waals surface area contributed by atoms with Gasteiger partial charge in [0.1, 0.15) is 6.61 Å². The van der Waals surface area contributed by atoms with Gasteiger partial charge in [0.05, 0.1) is 0 Å². The van der Waals surface area contributed by atoms with Crippen LogP contribution in [0.5, 0.6) is 0 Å². The highest BCUT2D eigenvalue weighted by Crippen LogP contribution is 2.14. The molecule has 0 bridgehead atoms. The number of carbonyl (C=O) groups is 1. The number of benzene rings is 1. The van der Waals surface area contributed by atoms with Crippen LogP contribution < -0.4 is 5.32 Å². The first-order valence-electron chi connectivity index (χ1n) is 4.17. The molecule has 0 aromatic heterocycles. The fourth-order valence-electron chi connectivity index (χ4n) is 0.880. The van der Waals surface area contributed by atoms with Crippen LogP contribution in [0.2, 0.25) is 5.02 Å². The van der Waals surface area contributed by atoms with E-state index in [1.807, 2.05) is 0 Å². The van der Waals surface area contributed by atoms with Gasteiger partial charge in [-0.1, -0.05) is 29.3 Å². The molecular formula is C10H9Cl2NO2. The highest BCUT2D eigenvalue weighted by molar-refractivity contribution is 6.30. The van der Waals surface area contributed by atoms with E-state index in [9.17, 15) is 4.79 Å². The number of halogens is 2. The molecule has 0 saturated carbocycles. The van der Waals surface area contributed by atoms with Crippen molar-refractivity contribution in [2.24, 2.45) is 0 Å². The van der Waals surface area contributed by atoms with Crippen LogP contribution in [0.15, 0.2) is 35.9 Å². The summed E-state index contributed by atoms with van der Waals surface area (Å²) in [5, 5.41) is 3.07. The quantitative estimate of drug-likeness (QED) is 0.884. The molecule has 15 heavy (non-hydrogen) atoms. The van der Waals surface area contributed by atoms with Gasteiger partial charge < -0.3 is 4.74 Å². The van der Waals surface area contributed by atoms with Crippen LogP contribution in [0.4, 0.5) is 10.5 Å². The number of nitrogens with one attached hydrogen (secondary N) is 1. The molecule has 3 nitrogen and oxygen atoms in total. The molecule has 80 valence electrons. The zero-order valence-corrected chi connectivity index (χ0v) is 9.26. The van der Waals surface area contributed by atoms with Crippen molar-refractivity contribution in [3.05, 3.63) is 40.9 Å². The first kappa shape index (κ1) is 11.9. The molecule has 1 N–H and O–H groups in total. The molecule has 0 atom stereocenters. The highest BCUT2D eigenvalue weighted by atomic mass is 35.5. The monoisotopic (exact) mass is 245 g/mol. The summed E-state index contributed by atoms with van der Waals surface area (Å²) in [5.41, 5.74) is 1.87. The largest absolute Gasteiger partial charge is 0.445 e. The first-order valence-corrected chi connectivity index (χ1v) is 4.98. The predicted molar refractivity (Wildman–Crippen MR) is 61.4 cm³/mol. The van der Waals surface area contributed by atoms with Crippen molar-refractivity contribution in [2.45, 2.75) is 0 Å². The SMILES string of the molecule is O=C(Nc1cccc(Cl)c1)OC/C=C/Cl. The second-order valence-electron chi connectivity index (χ2n) is 2.60. The van der Waals surface area contributed by atoms with Crippen molar-refractivity contribution in [3.8, 4) is 0 Å². The fourth-order valence-corrected chi connectivity index (χ4v) is 1.14. The average Bonchev–Trinajstić information content (AvgIpc) is 2.18. The number of hydrogen-bond donors (Lipinski definition) is 1. The van der Waals surface area contributed by atoms with Crippen molar-refractivity contribution in [1.82, 2.24) is 0 Å². The van der Waals surface area contributed by atoms with E-state index < -0.39 is 6.09 Å². The molecule has 0 unspecified atom stereocenters. The van der Waals surface area contributed by atoms with Crippen LogP contribution in [0.25, 0.3) is 0 Å². The van der Waals surface area contributed by atoms with Gasteiger partial charge in [-0.15, -0.1) is 0 Å². The number of carbonyl (C=O) groups excluding carboxylic acids is 1. The van der Waals surface area contributed by atoms with Crippen LogP contribution in [0, 0.1) is 0 Å². The molecule has 1 amide bonds. The molecule has 0 radical (unpaired) electrons. The lowest BCUT2D eigenvalue weighted by Crippen LogP contribution is -2.13. The molecule has 0 fully saturated rings. The van der Waals surface area contributed by atoms with Gasteiger partial charge >= 0.3 is 6.09 Å². The second kappa shape index (κ2) is 6.32. The predicted octanol–water partition coefficient (Wildman–Crippen LogP) is 3.64. The van der Waals surface area contributed by atoms with Crippen molar-refractivity contribution in [3.63, 3.8) is 0 Å². The molecule has 0 heterocycles. The van der Waals surface area contributed by atoms with Crippen molar-refractivity contribution in [1.29, 1.82) is 0 Å². The molecule has 1 rings (SSSR count). The lowest BCUT2D eigenvalue weighted by Gasteiger charge is -2.04. The Kier molecular flexibility index (Phi) is 5.01. The smallest absolute Gasteiger partial charge is 0.411 e. The maximum absolute atomic E-state index is 11.1. The van der Waals surface area contributed by atoms with Gasteiger partial charge in [-0.3, -0.25) is 5.32 Å². The van der Waals surface area contributed by atoms with Crippen LogP contribution in [0.3, 0.4) is 0 Å². The van der Waals surface area contributed by atoms with Gasteiger partial charge in [-0.05, 0) is 24.3 Å². The first-order chi connectivity index (χ1) is 7.22. The van der Waals surface area contributed by atoms with E-state index in [1.54, 1.807) is 24.3 Å². The van der Waals surface area contributed by atoms with Crippen molar-refractivity contribution < 1.29 is 9.53 Å². The highest BCUT2D eigenvalue weighted by Gasteiger charge is 2.01. The van der Waals surface area contributed by atoms with Crippen LogP contribution >= 0.6 is 23.2 Å². The summed E-state index contributed by atoms with van der Waals surface area (Å²) in [6.07, 6.45) is 0.964. The van der Waals surface area contributed by atoms with E-state index >= 15 is 0 Å². The molecule has 1 aromatic carbocycles. The third kappa shape index (κ3) is 4.72. The Morgan fingerprint density at radius 1 is 1.53 bits per heavy atom. The normalized spacial score (nSPS) is 10.3. The third-order valence-electron chi connectivity index (χ3n) is 1.47. The number of rotatable bonds is 3. The standard InChI is InChI=1S/C10H9Cl2NO2/c11-5-2-6-15-10(14)13-9-4-1-3-8(12)7-9/h1-5,7H,6H2,(H,13,14)/b5-2+. The number of anilines is 1. The van der Waals surface area contributed by atoms with E-state index in [2.05, 4.69) is 5.32 Å². The summed E-state index contributed by atoms with van der Waals surface area (Å²) in [6, 6.07) is 6.79. The van der Waals surface area contributed by atoms with E-state index in [-0.39, 0.29) is 6.61 Å². The minimum absolute atomic E-state index is 0.135. The van der Waals surface area contributed by atoms with E-state index in [0.717, 1.165) is 0 Å². The van der Waals surface area contributed by atoms with Gasteiger partial charge in [0.15, 0.2) is 0 Å². The number of amides is 1. The van der Waals surface area contributed by atoms with Crippen molar-refractivity contribution >= 4 is 35.0 Å². The molecule has 0 spiro atoms. The van der Waals surface area contributed by atoms with Gasteiger partial charge in [0.2, 0.25) is 0 Å². The van der Waals surface area contributed by atoms with Gasteiger partial charge in [0, 0.05) is 16.2 Å². The summed E-state index contributed by atoms with van der Waals surface area (Å²) in [5.74, 6) is 0. The summed E-state index contributed by atoms with van der Waals surface area (Å²) in [6.45, 7) is 0.135. The molecule has 0 saturated heterocycles. The Balaban J connectivity index is 2.44. The Hall–Kier alpha value is -1.19. The summed E-state index contributed by atoms with van der Waals surface area (Å²) in [4.78, 5) is 11.1. The topological polar surface area (TPSA) is 38.3 Å². The number of ether oxygens (including phenoxy) is 1. The lowest BCUT2D eigenvalue weighted by atomic mass is 10.3. The van der Waals surface area contributed by atoms with Crippen LogP contribution in [-0.4, -0.2) is 12.7 Å². The molecule has 5 heteroatoms. The Morgan fingerprint density at radius 3 is 3.00 bits per heavy atom. The van der Waals surface area contributed by atoms with Crippen LogP contribution in [0.1, 0.15) is 0 Å². The van der Waals surface area contributed by atoms with Gasteiger partial charge in [-0.2, -0.15) is 0 Å². The Bertz CT molecular complexity index is 366. The third-order valence-corrected chi connectivity index (χ3v) is 1.88. The van der Waals surface area contributed by atoms with Crippen LogP contribution in [-0.2, 0) is 4.74 Å². The Labute approximate surface area is 97.6 Å². The van der Waals surface area contributed by atoms with E-state index in [0.29, 0.717) is 10.7 Å². The molecule has 1 aromatic rings. The minimum atomic E-state index is -0.549. The lowest BCUT2D eigenvalue weighted by molar-refractivity contribution is 0.174. The molecule has 0 aliphatic rings. The maximum atomic E-state index is 11.1. The zero-order valence-electron chi connectivity index (χ0n) is 7.74. The van der Waals surface area contributed by atoms with Crippen molar-refractivity contribution in [2.75, 3.05) is 11.9 Å². The zero-order chi connectivity index (χ0) is 11.1. The summed E-state index contributed by atoms with van der Waals surface area (Å²) in [7, 11) is 0. The van der Waals surface area contributed by atoms with Gasteiger partial charge in [0.25, 0.3) is 0 Å². The summed E-state index contributed by atoms with van der Waals surface area (Å²) < 4.78 is 4.76. The minimum Gasteiger partial charge on any atom is -0.445 e. The fraction of sp³-hybridized carbons (Fsp3) is 0.100. The van der Waals surface area contributed by atoms with Gasteiger partial charge in [-0.25, -0.2) is 4.79 Å².